The van der Waals surface area contributed by atoms with Gasteiger partial charge in [-0.15, -0.1) is 0 Å². The van der Waals surface area contributed by atoms with Gasteiger partial charge in [0.15, 0.2) is 0 Å². The van der Waals surface area contributed by atoms with Crippen molar-refractivity contribution in [2.45, 2.75) is 0 Å². The molecule has 0 saturated carbocycles. The third kappa shape index (κ3) is 4.54. The van der Waals surface area contributed by atoms with Gasteiger partial charge in [0.2, 0.25) is 5.91 Å². The SMILES string of the molecule is [N-]=[N+]=NCC(CN=[N+]=[N-])C(=O)NN=N. The minimum atomic E-state index is -0.795. The number of nitrogens with zero attached hydrogens (tertiary/aromatic N) is 7. The molecule has 74 valence electrons. The van der Waals surface area contributed by atoms with E-state index in [0.29, 0.717) is 0 Å². The molecule has 0 saturated heterocycles. The summed E-state index contributed by atoms with van der Waals surface area (Å²) in [5.74, 6) is -1.42. The van der Waals surface area contributed by atoms with Gasteiger partial charge in [0.05, 0.1) is 5.92 Å². The van der Waals surface area contributed by atoms with Crippen molar-refractivity contribution in [1.82, 2.24) is 5.43 Å². The van der Waals surface area contributed by atoms with Crippen LogP contribution >= 0.6 is 0 Å². The van der Waals surface area contributed by atoms with Crippen molar-refractivity contribution >= 4 is 5.91 Å². The Labute approximate surface area is 78.0 Å². The van der Waals surface area contributed by atoms with Crippen LogP contribution in [-0.2, 0) is 4.79 Å². The number of carbonyl (C=O) groups excluding carboxylic acids is 1. The molecule has 0 aliphatic heterocycles. The van der Waals surface area contributed by atoms with Crippen LogP contribution in [-0.4, -0.2) is 19.0 Å². The normalized spacial score (nSPS) is 10.3. The summed E-state index contributed by atoms with van der Waals surface area (Å²) in [5, 5.41) is 8.98. The molecule has 1 amide bonds. The number of amides is 1. The van der Waals surface area contributed by atoms with E-state index in [1.165, 1.54) is 0 Å². The van der Waals surface area contributed by atoms with Crippen molar-refractivity contribution in [3.8, 4) is 0 Å². The lowest BCUT2D eigenvalue weighted by Gasteiger charge is -2.07. The summed E-state index contributed by atoms with van der Waals surface area (Å²) in [6.45, 7) is -0.284. The molecule has 2 N–H and O–H groups in total. The molecule has 10 heteroatoms. The molecular formula is C4H7N9O. The molecule has 0 bridgehead atoms. The summed E-state index contributed by atoms with van der Waals surface area (Å²) in [5.41, 5.74) is 24.2. The highest BCUT2D eigenvalue weighted by Crippen LogP contribution is 1.99. The standard InChI is InChI=1S/C4H7N9O/c5-11-8-1-3(2-9-12-6)4(14)10-13-7/h3H,1-2H2,(H2,7,10,14). The van der Waals surface area contributed by atoms with Gasteiger partial charge in [-0.2, -0.15) is 5.53 Å². The van der Waals surface area contributed by atoms with Crippen LogP contribution < -0.4 is 5.43 Å². The van der Waals surface area contributed by atoms with E-state index in [2.05, 4.69) is 25.3 Å². The molecule has 0 spiro atoms. The first-order chi connectivity index (χ1) is 6.76. The van der Waals surface area contributed by atoms with Crippen molar-refractivity contribution in [2.24, 2.45) is 21.4 Å². The van der Waals surface area contributed by atoms with E-state index in [1.807, 2.05) is 5.43 Å². The van der Waals surface area contributed by atoms with Crippen LogP contribution in [0.2, 0.25) is 0 Å². The van der Waals surface area contributed by atoms with Crippen molar-refractivity contribution < 1.29 is 4.79 Å². The third-order valence-electron chi connectivity index (χ3n) is 1.27. The van der Waals surface area contributed by atoms with Crippen molar-refractivity contribution in [2.75, 3.05) is 13.1 Å². The first-order valence-corrected chi connectivity index (χ1v) is 3.44. The number of rotatable bonds is 6. The number of nitrogens with one attached hydrogen (secondary N) is 2. The second-order valence-corrected chi connectivity index (χ2v) is 2.11. The quantitative estimate of drug-likeness (QED) is 0.279. The lowest BCUT2D eigenvalue weighted by Crippen LogP contribution is -2.30. The Hall–Kier alpha value is -2.31. The summed E-state index contributed by atoms with van der Waals surface area (Å²) in [7, 11) is 0. The fourth-order valence-corrected chi connectivity index (χ4v) is 0.640. The lowest BCUT2D eigenvalue weighted by atomic mass is 10.1. The van der Waals surface area contributed by atoms with E-state index >= 15 is 0 Å². The Balaban J connectivity index is 4.34. The summed E-state index contributed by atoms with van der Waals surface area (Å²) in [6, 6.07) is 0. The van der Waals surface area contributed by atoms with E-state index in [4.69, 9.17) is 16.6 Å². The lowest BCUT2D eigenvalue weighted by molar-refractivity contribution is -0.124. The van der Waals surface area contributed by atoms with Crippen LogP contribution in [0, 0.1) is 11.4 Å². The molecule has 0 aromatic rings. The molecule has 0 aliphatic carbocycles. The number of hydrogen-bond donors (Lipinski definition) is 2. The van der Waals surface area contributed by atoms with E-state index in [0.717, 1.165) is 0 Å². The molecule has 0 aromatic carbocycles. The third-order valence-corrected chi connectivity index (χ3v) is 1.27. The maximum atomic E-state index is 11.1. The predicted octanol–water partition coefficient (Wildman–Crippen LogP) is 1.29. The molecule has 10 nitrogen and oxygen atoms in total. The van der Waals surface area contributed by atoms with Gasteiger partial charge in [-0.25, -0.2) is 5.43 Å². The molecule has 0 fully saturated rings. The smallest absolute Gasteiger partial charge is 0.244 e. The van der Waals surface area contributed by atoms with Gasteiger partial charge in [0.25, 0.3) is 0 Å². The summed E-state index contributed by atoms with van der Waals surface area (Å²) in [4.78, 5) is 16.0. The molecule has 14 heavy (non-hydrogen) atoms. The molecular weight excluding hydrogens is 190 g/mol. The summed E-state index contributed by atoms with van der Waals surface area (Å²) >= 11 is 0. The highest BCUT2D eigenvalue weighted by molar-refractivity contribution is 5.78. The number of carbonyl (C=O) groups is 1. The Morgan fingerprint density at radius 2 is 1.86 bits per heavy atom. The second kappa shape index (κ2) is 7.35. The fraction of sp³-hybridized carbons (Fsp3) is 0.750. The highest BCUT2D eigenvalue weighted by atomic mass is 16.2. The van der Waals surface area contributed by atoms with Crippen LogP contribution in [0.5, 0.6) is 0 Å². The van der Waals surface area contributed by atoms with E-state index in [1.54, 1.807) is 0 Å². The van der Waals surface area contributed by atoms with Crippen LogP contribution in [0.15, 0.2) is 15.5 Å². The van der Waals surface area contributed by atoms with E-state index in [-0.39, 0.29) is 13.1 Å². The predicted molar refractivity (Wildman–Crippen MR) is 44.8 cm³/mol. The van der Waals surface area contributed by atoms with Crippen LogP contribution in [0.3, 0.4) is 0 Å². The minimum Gasteiger partial charge on any atom is -0.273 e. The van der Waals surface area contributed by atoms with Gasteiger partial charge in [-0.1, -0.05) is 15.5 Å². The van der Waals surface area contributed by atoms with Gasteiger partial charge >= 0.3 is 0 Å². The first-order valence-electron chi connectivity index (χ1n) is 3.44. The van der Waals surface area contributed by atoms with E-state index < -0.39 is 11.8 Å². The molecule has 0 radical (unpaired) electrons. The fourth-order valence-electron chi connectivity index (χ4n) is 0.640. The van der Waals surface area contributed by atoms with Crippen LogP contribution in [0.25, 0.3) is 20.9 Å². The van der Waals surface area contributed by atoms with Gasteiger partial charge in [-0.3, -0.25) is 4.79 Å². The number of hydrogen-bond acceptors (Lipinski definition) is 5. The largest absolute Gasteiger partial charge is 0.273 e. The monoisotopic (exact) mass is 197 g/mol. The molecule has 0 atom stereocenters. The van der Waals surface area contributed by atoms with Gasteiger partial charge in [-0.05, 0) is 11.1 Å². The Morgan fingerprint density at radius 1 is 1.36 bits per heavy atom. The zero-order valence-corrected chi connectivity index (χ0v) is 7.03. The van der Waals surface area contributed by atoms with Crippen LogP contribution in [0.4, 0.5) is 0 Å². The van der Waals surface area contributed by atoms with Gasteiger partial charge in [0, 0.05) is 22.9 Å². The average molecular weight is 197 g/mol. The molecule has 0 unspecified atom stereocenters. The van der Waals surface area contributed by atoms with Crippen molar-refractivity contribution in [1.29, 1.82) is 5.53 Å². The topological polar surface area (TPSA) is 163 Å². The molecule has 0 rings (SSSR count). The summed E-state index contributed by atoms with van der Waals surface area (Å²) < 4.78 is 0. The van der Waals surface area contributed by atoms with Crippen LogP contribution in [0.1, 0.15) is 0 Å². The highest BCUT2D eigenvalue weighted by Gasteiger charge is 2.16. The van der Waals surface area contributed by atoms with Gasteiger partial charge < -0.3 is 0 Å². The van der Waals surface area contributed by atoms with Crippen molar-refractivity contribution in [3.63, 3.8) is 0 Å². The Kier molecular flexibility index (Phi) is 6.13. The molecule has 0 aromatic heterocycles. The Bertz CT molecular complexity index is 278. The minimum absolute atomic E-state index is 0.142. The zero-order chi connectivity index (χ0) is 10.8. The summed E-state index contributed by atoms with van der Waals surface area (Å²) in [6.07, 6.45) is 0. The zero-order valence-electron chi connectivity index (χ0n) is 7.03. The molecule has 0 heterocycles. The number of azide groups is 2. The van der Waals surface area contributed by atoms with Crippen molar-refractivity contribution in [3.05, 3.63) is 20.9 Å². The maximum Gasteiger partial charge on any atom is 0.244 e. The first kappa shape index (κ1) is 11.7. The maximum absolute atomic E-state index is 11.1. The average Bonchev–Trinajstić information content (AvgIpc) is 2.18. The van der Waals surface area contributed by atoms with Gasteiger partial charge in [0.1, 0.15) is 0 Å². The molecule has 0 aliphatic rings. The van der Waals surface area contributed by atoms with E-state index in [9.17, 15) is 4.79 Å². The second-order valence-electron chi connectivity index (χ2n) is 2.11. The Morgan fingerprint density at radius 3 is 2.21 bits per heavy atom.